The lowest BCUT2D eigenvalue weighted by molar-refractivity contribution is -0.121. The van der Waals surface area contributed by atoms with Crippen LogP contribution < -0.4 is 5.32 Å². The largest absolute Gasteiger partial charge is 0.326 e. The van der Waals surface area contributed by atoms with Crippen LogP contribution in [0.5, 0.6) is 0 Å². The number of fused-ring (bicyclic) bond motifs is 1. The van der Waals surface area contributed by atoms with Crippen molar-refractivity contribution in [2.24, 2.45) is 5.92 Å². The molecule has 2 aromatic carbocycles. The molecule has 148 valence electrons. The zero-order valence-corrected chi connectivity index (χ0v) is 16.5. The Morgan fingerprint density at radius 2 is 1.76 bits per heavy atom. The minimum atomic E-state index is 0.0887. The Morgan fingerprint density at radius 3 is 2.45 bits per heavy atom. The van der Waals surface area contributed by atoms with E-state index in [0.29, 0.717) is 6.04 Å². The maximum atomic E-state index is 12.8. The standard InChI is InChI=1S/C24H26N4O/c29-24(26-21-7-3-6-20(14-21)23-8-11-25-27-23)17-9-12-28(13-10-17)22-15-18-4-1-2-5-19(18)16-22/h1-8,11,14,17,22H,9-10,12-13,15-16H2,(H,25,27)(H,26,29). The van der Waals surface area contributed by atoms with E-state index in [2.05, 4.69) is 44.7 Å². The van der Waals surface area contributed by atoms with Gasteiger partial charge in [0.15, 0.2) is 0 Å². The Kier molecular flexibility index (Phi) is 4.90. The van der Waals surface area contributed by atoms with Crippen LogP contribution in [0.25, 0.3) is 11.3 Å². The van der Waals surface area contributed by atoms with E-state index in [0.717, 1.165) is 55.7 Å². The van der Waals surface area contributed by atoms with Gasteiger partial charge < -0.3 is 5.32 Å². The number of piperidine rings is 1. The van der Waals surface area contributed by atoms with Crippen LogP contribution in [0.4, 0.5) is 5.69 Å². The summed E-state index contributed by atoms with van der Waals surface area (Å²) < 4.78 is 0. The summed E-state index contributed by atoms with van der Waals surface area (Å²) in [6.07, 6.45) is 5.88. The first-order valence-corrected chi connectivity index (χ1v) is 10.5. The number of nitrogens with zero attached hydrogens (tertiary/aromatic N) is 2. The van der Waals surface area contributed by atoms with E-state index >= 15 is 0 Å². The van der Waals surface area contributed by atoms with Gasteiger partial charge in [-0.3, -0.25) is 14.8 Å². The van der Waals surface area contributed by atoms with Crippen LogP contribution in [-0.2, 0) is 17.6 Å². The number of hydrogen-bond acceptors (Lipinski definition) is 3. The van der Waals surface area contributed by atoms with Gasteiger partial charge in [0.2, 0.25) is 5.91 Å². The fraction of sp³-hybridized carbons (Fsp3) is 0.333. The van der Waals surface area contributed by atoms with Gasteiger partial charge in [0.25, 0.3) is 0 Å². The molecule has 29 heavy (non-hydrogen) atoms. The molecule has 1 amide bonds. The molecule has 3 aromatic rings. The van der Waals surface area contributed by atoms with Crippen molar-refractivity contribution in [3.8, 4) is 11.3 Å². The van der Waals surface area contributed by atoms with Gasteiger partial charge in [0, 0.05) is 29.4 Å². The molecule has 1 aliphatic heterocycles. The second kappa shape index (κ2) is 7.84. The first kappa shape index (κ1) is 18.1. The first-order chi connectivity index (χ1) is 14.3. The molecule has 2 aliphatic rings. The van der Waals surface area contributed by atoms with Crippen molar-refractivity contribution in [2.45, 2.75) is 31.7 Å². The molecule has 1 aliphatic carbocycles. The van der Waals surface area contributed by atoms with Crippen LogP contribution in [0.15, 0.2) is 60.8 Å². The number of likely N-dealkylation sites (tertiary alicyclic amines) is 1. The predicted molar refractivity (Wildman–Crippen MR) is 115 cm³/mol. The first-order valence-electron chi connectivity index (χ1n) is 10.5. The topological polar surface area (TPSA) is 61.0 Å². The summed E-state index contributed by atoms with van der Waals surface area (Å²) >= 11 is 0. The third-order valence-corrected chi connectivity index (χ3v) is 6.39. The highest BCUT2D eigenvalue weighted by Crippen LogP contribution is 2.29. The maximum absolute atomic E-state index is 12.8. The second-order valence-corrected chi connectivity index (χ2v) is 8.18. The van der Waals surface area contributed by atoms with Crippen molar-refractivity contribution >= 4 is 11.6 Å². The number of carbonyl (C=O) groups is 1. The SMILES string of the molecule is O=C(Nc1cccc(-c2ccn[nH]2)c1)C1CCN(C2Cc3ccccc3C2)CC1. The third kappa shape index (κ3) is 3.83. The minimum absolute atomic E-state index is 0.0887. The number of H-pyrrole nitrogens is 1. The van der Waals surface area contributed by atoms with E-state index in [1.165, 1.54) is 11.1 Å². The number of amides is 1. The Bertz CT molecular complexity index is 965. The average Bonchev–Trinajstić information content (AvgIpc) is 3.44. The smallest absolute Gasteiger partial charge is 0.227 e. The van der Waals surface area contributed by atoms with Crippen molar-refractivity contribution in [3.05, 3.63) is 71.9 Å². The fourth-order valence-electron chi connectivity index (χ4n) is 4.75. The number of nitrogens with one attached hydrogen (secondary N) is 2. The Hall–Kier alpha value is -2.92. The van der Waals surface area contributed by atoms with Gasteiger partial charge in [-0.05, 0) is 68.1 Å². The van der Waals surface area contributed by atoms with Crippen LogP contribution in [0.1, 0.15) is 24.0 Å². The molecule has 5 rings (SSSR count). The summed E-state index contributed by atoms with van der Waals surface area (Å²) in [7, 11) is 0. The zero-order valence-electron chi connectivity index (χ0n) is 16.5. The van der Waals surface area contributed by atoms with Gasteiger partial charge >= 0.3 is 0 Å². The normalized spacial score (nSPS) is 17.9. The van der Waals surface area contributed by atoms with Crippen LogP contribution in [0.2, 0.25) is 0 Å². The lowest BCUT2D eigenvalue weighted by atomic mass is 9.94. The Balaban J connectivity index is 1.17. The quantitative estimate of drug-likeness (QED) is 0.715. The molecule has 5 heteroatoms. The van der Waals surface area contributed by atoms with Crippen LogP contribution in [0, 0.1) is 5.92 Å². The average molecular weight is 386 g/mol. The number of hydrogen-bond donors (Lipinski definition) is 2. The van der Waals surface area contributed by atoms with E-state index in [4.69, 9.17) is 0 Å². The highest BCUT2D eigenvalue weighted by molar-refractivity contribution is 5.93. The third-order valence-electron chi connectivity index (χ3n) is 6.39. The fourth-order valence-corrected chi connectivity index (χ4v) is 4.75. The molecule has 2 heterocycles. The predicted octanol–water partition coefficient (Wildman–Crippen LogP) is 3.89. The molecule has 1 fully saturated rings. The van der Waals surface area contributed by atoms with E-state index in [9.17, 15) is 4.79 Å². The van der Waals surface area contributed by atoms with Gasteiger partial charge in [-0.15, -0.1) is 0 Å². The number of carbonyl (C=O) groups excluding carboxylic acids is 1. The summed E-state index contributed by atoms with van der Waals surface area (Å²) in [6, 6.07) is 19.2. The molecule has 0 atom stereocenters. The van der Waals surface area contributed by atoms with E-state index in [-0.39, 0.29) is 11.8 Å². The van der Waals surface area contributed by atoms with Crippen molar-refractivity contribution in [1.82, 2.24) is 15.1 Å². The van der Waals surface area contributed by atoms with E-state index in [1.54, 1.807) is 6.20 Å². The summed E-state index contributed by atoms with van der Waals surface area (Å²) in [5.41, 5.74) is 5.81. The number of anilines is 1. The molecular formula is C24H26N4O. The monoisotopic (exact) mass is 386 g/mol. The number of rotatable bonds is 4. The van der Waals surface area contributed by atoms with Crippen LogP contribution >= 0.6 is 0 Å². The Labute approximate surface area is 171 Å². The Morgan fingerprint density at radius 1 is 1.00 bits per heavy atom. The molecule has 1 saturated heterocycles. The van der Waals surface area contributed by atoms with Crippen molar-refractivity contribution in [3.63, 3.8) is 0 Å². The molecule has 0 unspecified atom stereocenters. The lowest BCUT2D eigenvalue weighted by Crippen LogP contribution is -2.44. The maximum Gasteiger partial charge on any atom is 0.227 e. The number of benzene rings is 2. The van der Waals surface area contributed by atoms with Crippen molar-refractivity contribution < 1.29 is 4.79 Å². The van der Waals surface area contributed by atoms with Crippen LogP contribution in [-0.4, -0.2) is 40.1 Å². The molecule has 0 radical (unpaired) electrons. The van der Waals surface area contributed by atoms with Gasteiger partial charge in [-0.1, -0.05) is 36.4 Å². The molecule has 0 spiro atoms. The summed E-state index contributed by atoms with van der Waals surface area (Å²) in [5.74, 6) is 0.229. The highest BCUT2D eigenvalue weighted by atomic mass is 16.1. The molecule has 0 bridgehead atoms. The van der Waals surface area contributed by atoms with E-state index < -0.39 is 0 Å². The van der Waals surface area contributed by atoms with Gasteiger partial charge in [0.1, 0.15) is 0 Å². The summed E-state index contributed by atoms with van der Waals surface area (Å²) in [6.45, 7) is 2.01. The minimum Gasteiger partial charge on any atom is -0.326 e. The van der Waals surface area contributed by atoms with Gasteiger partial charge in [-0.2, -0.15) is 5.10 Å². The second-order valence-electron chi connectivity index (χ2n) is 8.18. The number of aromatic nitrogens is 2. The highest BCUT2D eigenvalue weighted by Gasteiger charge is 2.31. The molecule has 5 nitrogen and oxygen atoms in total. The van der Waals surface area contributed by atoms with Gasteiger partial charge in [-0.25, -0.2) is 0 Å². The molecule has 0 saturated carbocycles. The molecular weight excluding hydrogens is 360 g/mol. The van der Waals surface area contributed by atoms with Crippen molar-refractivity contribution in [2.75, 3.05) is 18.4 Å². The molecule has 2 N–H and O–H groups in total. The summed E-state index contributed by atoms with van der Waals surface area (Å²) in [5, 5.41) is 10.1. The number of aromatic amines is 1. The lowest BCUT2D eigenvalue weighted by Gasteiger charge is -2.35. The summed E-state index contributed by atoms with van der Waals surface area (Å²) in [4.78, 5) is 15.4. The van der Waals surface area contributed by atoms with E-state index in [1.807, 2.05) is 30.3 Å². The van der Waals surface area contributed by atoms with Crippen LogP contribution in [0.3, 0.4) is 0 Å². The molecule has 1 aromatic heterocycles. The van der Waals surface area contributed by atoms with Crippen molar-refractivity contribution in [1.29, 1.82) is 0 Å². The zero-order chi connectivity index (χ0) is 19.6. The van der Waals surface area contributed by atoms with Gasteiger partial charge in [0.05, 0.1) is 5.69 Å².